The minimum Gasteiger partial charge on any atom is -0.355 e. The second kappa shape index (κ2) is 10.4. The van der Waals surface area contributed by atoms with Crippen LogP contribution < -0.4 is 5.32 Å². The predicted molar refractivity (Wildman–Crippen MR) is 140 cm³/mol. The summed E-state index contributed by atoms with van der Waals surface area (Å²) < 4.78 is 34.2. The zero-order valence-electron chi connectivity index (χ0n) is 21.3. The fraction of sp³-hybridized carbons (Fsp3) is 0.370. The molecule has 1 aromatic carbocycles. The van der Waals surface area contributed by atoms with Crippen LogP contribution in [0.2, 0.25) is 0 Å². The van der Waals surface area contributed by atoms with Gasteiger partial charge in [-0.2, -0.15) is 4.31 Å². The van der Waals surface area contributed by atoms with Gasteiger partial charge in [0.25, 0.3) is 0 Å². The average molecular weight is 509 g/mol. The highest BCUT2D eigenvalue weighted by Crippen LogP contribution is 2.30. The summed E-state index contributed by atoms with van der Waals surface area (Å²) >= 11 is 0. The number of anilines is 1. The van der Waals surface area contributed by atoms with Crippen LogP contribution in [0.3, 0.4) is 0 Å². The maximum atomic E-state index is 13.7. The predicted octanol–water partition coefficient (Wildman–Crippen LogP) is 4.82. The van der Waals surface area contributed by atoms with Gasteiger partial charge in [0.15, 0.2) is 10.7 Å². The minimum absolute atomic E-state index is 0.0441. The molecular formula is C27H32N4O4S. The summed E-state index contributed by atoms with van der Waals surface area (Å²) in [5.41, 5.74) is 5.46. The van der Waals surface area contributed by atoms with E-state index in [0.29, 0.717) is 30.9 Å². The first-order chi connectivity index (χ1) is 17.1. The molecule has 8 nitrogen and oxygen atoms in total. The van der Waals surface area contributed by atoms with Crippen LogP contribution in [0.15, 0.2) is 39.8 Å². The molecule has 1 amide bonds. The number of benzene rings is 1. The highest BCUT2D eigenvalue weighted by molar-refractivity contribution is 7.89. The fourth-order valence-corrected chi connectivity index (χ4v) is 6.53. The molecule has 1 N–H and O–H groups in total. The van der Waals surface area contributed by atoms with Crippen LogP contribution in [-0.4, -0.2) is 41.9 Å². The first-order valence-electron chi connectivity index (χ1n) is 12.0. The Bertz CT molecular complexity index is 1400. The van der Waals surface area contributed by atoms with E-state index in [4.69, 9.17) is 4.52 Å². The van der Waals surface area contributed by atoms with Crippen LogP contribution in [0.1, 0.15) is 52.2 Å². The third-order valence-electron chi connectivity index (χ3n) is 6.47. The van der Waals surface area contributed by atoms with Crippen molar-refractivity contribution in [1.82, 2.24) is 14.4 Å². The number of carbonyl (C=O) groups is 1. The van der Waals surface area contributed by atoms with Gasteiger partial charge in [-0.25, -0.2) is 13.4 Å². The molecule has 2 aromatic heterocycles. The monoisotopic (exact) mass is 508 g/mol. The van der Waals surface area contributed by atoms with Crippen molar-refractivity contribution in [3.8, 4) is 0 Å². The van der Waals surface area contributed by atoms with Crippen molar-refractivity contribution in [3.05, 3.63) is 69.7 Å². The molecule has 1 fully saturated rings. The van der Waals surface area contributed by atoms with Gasteiger partial charge in [-0.3, -0.25) is 4.79 Å². The van der Waals surface area contributed by atoms with E-state index in [-0.39, 0.29) is 23.1 Å². The molecule has 0 unspecified atom stereocenters. The first-order valence-corrected chi connectivity index (χ1v) is 13.5. The largest absolute Gasteiger partial charge is 0.355 e. The molecule has 0 spiro atoms. The van der Waals surface area contributed by atoms with Crippen molar-refractivity contribution in [2.24, 2.45) is 5.92 Å². The number of hydrogen-bond acceptors (Lipinski definition) is 6. The second-order valence-corrected chi connectivity index (χ2v) is 11.3. The lowest BCUT2D eigenvalue weighted by Gasteiger charge is -2.31. The minimum atomic E-state index is -3.93. The number of rotatable bonds is 6. The van der Waals surface area contributed by atoms with Crippen molar-refractivity contribution < 1.29 is 17.7 Å². The van der Waals surface area contributed by atoms with Crippen molar-refractivity contribution in [2.45, 2.75) is 52.4 Å². The van der Waals surface area contributed by atoms with Gasteiger partial charge in [-0.1, -0.05) is 35.0 Å². The van der Waals surface area contributed by atoms with Gasteiger partial charge in [-0.05, 0) is 82.4 Å². The summed E-state index contributed by atoms with van der Waals surface area (Å²) in [4.78, 5) is 17.3. The molecule has 9 heteroatoms. The summed E-state index contributed by atoms with van der Waals surface area (Å²) in [6, 6.07) is 9.55. The third-order valence-corrected chi connectivity index (χ3v) is 8.49. The molecule has 4 rings (SSSR count). The van der Waals surface area contributed by atoms with Crippen LogP contribution in [-0.2, 0) is 14.8 Å². The molecule has 1 atom stereocenters. The fourth-order valence-electron chi connectivity index (χ4n) is 4.76. The van der Waals surface area contributed by atoms with Crippen molar-refractivity contribution in [2.75, 3.05) is 18.4 Å². The zero-order chi connectivity index (χ0) is 26.0. The SMILES string of the molecule is Cc1cc(C)c(/C=C/c2onc(C)c2S(=O)(=O)N2CCC[C@H](C(=O)Nc3cccc(C)n3)C2)c(C)c1. The van der Waals surface area contributed by atoms with Crippen LogP contribution >= 0.6 is 0 Å². The van der Waals surface area contributed by atoms with Crippen molar-refractivity contribution >= 4 is 33.9 Å². The number of nitrogens with zero attached hydrogens (tertiary/aromatic N) is 3. The van der Waals surface area contributed by atoms with E-state index in [1.54, 1.807) is 19.1 Å². The normalized spacial score (nSPS) is 17.0. The molecule has 190 valence electrons. The highest BCUT2D eigenvalue weighted by Gasteiger charge is 2.37. The Labute approximate surface area is 212 Å². The smallest absolute Gasteiger partial charge is 0.248 e. The Balaban J connectivity index is 1.56. The lowest BCUT2D eigenvalue weighted by molar-refractivity contribution is -0.120. The Hall–Kier alpha value is -3.30. The summed E-state index contributed by atoms with van der Waals surface area (Å²) in [7, 11) is -3.93. The van der Waals surface area contributed by atoms with E-state index >= 15 is 0 Å². The number of piperidine rings is 1. The third kappa shape index (κ3) is 5.42. The number of nitrogens with one attached hydrogen (secondary N) is 1. The molecule has 0 saturated carbocycles. The Morgan fingerprint density at radius 2 is 1.83 bits per heavy atom. The summed E-state index contributed by atoms with van der Waals surface area (Å²) in [5, 5.41) is 6.77. The molecule has 3 aromatic rings. The van der Waals surface area contributed by atoms with Gasteiger partial charge in [0.1, 0.15) is 11.5 Å². The standard InChI is InChI=1S/C27H32N4O4S/c1-17-14-18(2)23(19(3)15-17)11-12-24-26(21(5)30-35-24)36(33,34)31-13-7-9-22(16-31)27(32)29-25-10-6-8-20(4)28-25/h6,8,10-12,14-15,22H,7,9,13,16H2,1-5H3,(H,28,29,32)/b12-11+/t22-/m0/s1. The number of pyridine rings is 1. The maximum absolute atomic E-state index is 13.7. The molecular weight excluding hydrogens is 476 g/mol. The van der Waals surface area contributed by atoms with Gasteiger partial charge < -0.3 is 9.84 Å². The molecule has 0 radical (unpaired) electrons. The van der Waals surface area contributed by atoms with E-state index in [0.717, 1.165) is 22.4 Å². The Morgan fingerprint density at radius 1 is 1.11 bits per heavy atom. The number of aryl methyl sites for hydroxylation is 5. The zero-order valence-corrected chi connectivity index (χ0v) is 22.1. The molecule has 36 heavy (non-hydrogen) atoms. The van der Waals surface area contributed by atoms with Crippen LogP contribution in [0.4, 0.5) is 5.82 Å². The summed E-state index contributed by atoms with van der Waals surface area (Å²) in [5.74, 6) is -0.0697. The molecule has 0 bridgehead atoms. The first kappa shape index (κ1) is 25.8. The molecule has 1 aliphatic rings. The average Bonchev–Trinajstić information content (AvgIpc) is 3.19. The van der Waals surface area contributed by atoms with Crippen LogP contribution in [0, 0.1) is 40.5 Å². The number of aromatic nitrogens is 2. The Morgan fingerprint density at radius 3 is 2.53 bits per heavy atom. The van der Waals surface area contributed by atoms with Gasteiger partial charge in [0, 0.05) is 18.8 Å². The van der Waals surface area contributed by atoms with Gasteiger partial charge in [0.05, 0.1) is 5.92 Å². The van der Waals surface area contributed by atoms with E-state index in [2.05, 4.69) is 27.6 Å². The van der Waals surface area contributed by atoms with Gasteiger partial charge in [-0.15, -0.1) is 0 Å². The van der Waals surface area contributed by atoms with Crippen molar-refractivity contribution in [1.29, 1.82) is 0 Å². The topological polar surface area (TPSA) is 105 Å². The van der Waals surface area contributed by atoms with Gasteiger partial charge in [0.2, 0.25) is 15.9 Å². The summed E-state index contributed by atoms with van der Waals surface area (Å²) in [6.07, 6.45) is 4.71. The number of amides is 1. The van der Waals surface area contributed by atoms with E-state index in [1.165, 1.54) is 9.87 Å². The molecule has 0 aliphatic carbocycles. The maximum Gasteiger partial charge on any atom is 0.248 e. The quantitative estimate of drug-likeness (QED) is 0.512. The lowest BCUT2D eigenvalue weighted by atomic mass is 9.99. The summed E-state index contributed by atoms with van der Waals surface area (Å²) in [6.45, 7) is 9.97. The second-order valence-electron chi connectivity index (χ2n) is 9.46. The molecule has 3 heterocycles. The lowest BCUT2D eigenvalue weighted by Crippen LogP contribution is -2.44. The molecule has 1 aliphatic heterocycles. The van der Waals surface area contributed by atoms with E-state index in [9.17, 15) is 13.2 Å². The molecule has 1 saturated heterocycles. The Kier molecular flexibility index (Phi) is 7.42. The number of hydrogen-bond donors (Lipinski definition) is 1. The van der Waals surface area contributed by atoms with Crippen LogP contribution in [0.25, 0.3) is 12.2 Å². The van der Waals surface area contributed by atoms with E-state index in [1.807, 2.05) is 45.9 Å². The number of carbonyl (C=O) groups excluding carboxylic acids is 1. The van der Waals surface area contributed by atoms with Gasteiger partial charge >= 0.3 is 0 Å². The van der Waals surface area contributed by atoms with Crippen molar-refractivity contribution in [3.63, 3.8) is 0 Å². The van der Waals surface area contributed by atoms with Crippen LogP contribution in [0.5, 0.6) is 0 Å². The van der Waals surface area contributed by atoms with E-state index < -0.39 is 15.9 Å². The highest BCUT2D eigenvalue weighted by atomic mass is 32.2. The number of sulfonamides is 1.